The van der Waals surface area contributed by atoms with Gasteiger partial charge in [-0.25, -0.2) is 4.99 Å². The first-order valence-electron chi connectivity index (χ1n) is 10.2. The van der Waals surface area contributed by atoms with E-state index in [0.717, 1.165) is 49.1 Å². The van der Waals surface area contributed by atoms with Gasteiger partial charge in [0, 0.05) is 37.2 Å². The molecule has 3 rings (SSSR count). The number of nitrogens with zero attached hydrogens (tertiary/aromatic N) is 2. The van der Waals surface area contributed by atoms with E-state index in [2.05, 4.69) is 29.3 Å². The highest BCUT2D eigenvalue weighted by Gasteiger charge is 2.27. The molecule has 1 heterocycles. The lowest BCUT2D eigenvalue weighted by Gasteiger charge is -2.22. The summed E-state index contributed by atoms with van der Waals surface area (Å²) in [5.41, 5.74) is 1.94. The summed E-state index contributed by atoms with van der Waals surface area (Å²) in [5, 5.41) is 13.7. The Labute approximate surface area is 201 Å². The van der Waals surface area contributed by atoms with Crippen LogP contribution in [0.4, 0.5) is 0 Å². The Bertz CT molecular complexity index is 869. The van der Waals surface area contributed by atoms with E-state index in [1.165, 1.54) is 5.56 Å². The minimum absolute atomic E-state index is 0. The monoisotopic (exact) mass is 541 g/mol. The van der Waals surface area contributed by atoms with E-state index >= 15 is 0 Å². The van der Waals surface area contributed by atoms with Crippen molar-refractivity contribution < 1.29 is 19.3 Å². The van der Waals surface area contributed by atoms with Crippen molar-refractivity contribution in [2.45, 2.75) is 25.8 Å². The third kappa shape index (κ3) is 6.09. The van der Waals surface area contributed by atoms with Crippen LogP contribution in [-0.2, 0) is 6.54 Å². The van der Waals surface area contributed by atoms with Crippen molar-refractivity contribution in [2.75, 3.05) is 41.0 Å². The predicted molar refractivity (Wildman–Crippen MR) is 133 cm³/mol. The van der Waals surface area contributed by atoms with Crippen molar-refractivity contribution >= 4 is 29.9 Å². The molecule has 1 aliphatic rings. The summed E-state index contributed by atoms with van der Waals surface area (Å²) in [6.45, 7) is 4.96. The summed E-state index contributed by atoms with van der Waals surface area (Å²) in [6, 6.07) is 11.5. The number of para-hydroxylation sites is 1. The number of aromatic hydroxyl groups is 1. The SMILES string of the molecule is CCNC(=NCc1cccc(OC)c1O)N1CCC(c2cc(OC)cc(OC)c2)C1.I. The number of hydrogen-bond donors (Lipinski definition) is 2. The fraction of sp³-hybridized carbons (Fsp3) is 0.435. The van der Waals surface area contributed by atoms with Crippen LogP contribution in [0.2, 0.25) is 0 Å². The first kappa shape index (κ1) is 24.9. The average Bonchev–Trinajstić information content (AvgIpc) is 3.27. The molecule has 1 unspecified atom stereocenters. The number of phenolic OH excluding ortho intramolecular Hbond substituents is 1. The van der Waals surface area contributed by atoms with Crippen molar-refractivity contribution in [3.05, 3.63) is 47.5 Å². The summed E-state index contributed by atoms with van der Waals surface area (Å²) in [6.07, 6.45) is 1.02. The smallest absolute Gasteiger partial charge is 0.194 e. The molecule has 2 N–H and O–H groups in total. The number of rotatable bonds is 7. The molecule has 170 valence electrons. The minimum atomic E-state index is 0. The van der Waals surface area contributed by atoms with Crippen LogP contribution < -0.4 is 19.5 Å². The molecule has 0 spiro atoms. The lowest BCUT2D eigenvalue weighted by atomic mass is 9.98. The van der Waals surface area contributed by atoms with Gasteiger partial charge in [0.2, 0.25) is 0 Å². The Morgan fingerprint density at radius 3 is 2.45 bits per heavy atom. The highest BCUT2D eigenvalue weighted by molar-refractivity contribution is 14.0. The van der Waals surface area contributed by atoms with Gasteiger partial charge >= 0.3 is 0 Å². The van der Waals surface area contributed by atoms with Gasteiger partial charge in [-0.3, -0.25) is 0 Å². The molecule has 0 radical (unpaired) electrons. The maximum Gasteiger partial charge on any atom is 0.194 e. The number of hydrogen-bond acceptors (Lipinski definition) is 5. The minimum Gasteiger partial charge on any atom is -0.504 e. The molecule has 1 saturated heterocycles. The predicted octanol–water partition coefficient (Wildman–Crippen LogP) is 3.99. The van der Waals surface area contributed by atoms with E-state index in [0.29, 0.717) is 18.2 Å². The maximum absolute atomic E-state index is 10.3. The Morgan fingerprint density at radius 2 is 1.84 bits per heavy atom. The van der Waals surface area contributed by atoms with Crippen LogP contribution in [0, 0.1) is 0 Å². The van der Waals surface area contributed by atoms with Gasteiger partial charge < -0.3 is 29.5 Å². The van der Waals surface area contributed by atoms with E-state index in [4.69, 9.17) is 19.2 Å². The van der Waals surface area contributed by atoms with Crippen LogP contribution in [-0.4, -0.2) is 56.9 Å². The van der Waals surface area contributed by atoms with Gasteiger partial charge in [0.25, 0.3) is 0 Å². The second-order valence-corrected chi connectivity index (χ2v) is 7.22. The Morgan fingerprint density at radius 1 is 1.13 bits per heavy atom. The molecule has 1 fully saturated rings. The van der Waals surface area contributed by atoms with Gasteiger partial charge in [0.15, 0.2) is 17.5 Å². The van der Waals surface area contributed by atoms with Crippen molar-refractivity contribution in [1.82, 2.24) is 10.2 Å². The molecule has 1 atom stereocenters. The normalized spacial score (nSPS) is 15.9. The molecule has 0 aromatic heterocycles. The largest absolute Gasteiger partial charge is 0.504 e. The highest BCUT2D eigenvalue weighted by Crippen LogP contribution is 2.33. The third-order valence-electron chi connectivity index (χ3n) is 5.37. The molecule has 31 heavy (non-hydrogen) atoms. The van der Waals surface area contributed by atoms with Gasteiger partial charge in [-0.2, -0.15) is 0 Å². The molecule has 2 aromatic carbocycles. The number of ether oxygens (including phenoxy) is 3. The number of phenols is 1. The first-order chi connectivity index (χ1) is 14.6. The first-order valence-corrected chi connectivity index (χ1v) is 10.2. The molecule has 0 amide bonds. The lowest BCUT2D eigenvalue weighted by molar-refractivity contribution is 0.370. The molecule has 2 aromatic rings. The van der Waals surface area contributed by atoms with Gasteiger partial charge in [-0.05, 0) is 37.1 Å². The number of nitrogens with one attached hydrogen (secondary N) is 1. The van der Waals surface area contributed by atoms with Crippen molar-refractivity contribution in [3.63, 3.8) is 0 Å². The molecule has 7 nitrogen and oxygen atoms in total. The third-order valence-corrected chi connectivity index (χ3v) is 5.37. The van der Waals surface area contributed by atoms with Gasteiger partial charge in [0.1, 0.15) is 11.5 Å². The second kappa shape index (κ2) is 11.9. The zero-order valence-electron chi connectivity index (χ0n) is 18.6. The number of halogens is 1. The van der Waals surface area contributed by atoms with Crippen molar-refractivity contribution in [1.29, 1.82) is 0 Å². The summed E-state index contributed by atoms with van der Waals surface area (Å²) in [4.78, 5) is 7.03. The fourth-order valence-electron chi connectivity index (χ4n) is 3.74. The zero-order chi connectivity index (χ0) is 21.5. The number of guanidine groups is 1. The number of aliphatic imine (C=N–C) groups is 1. The molecular weight excluding hydrogens is 509 g/mol. The molecule has 0 bridgehead atoms. The van der Waals surface area contributed by atoms with Gasteiger partial charge in [-0.1, -0.05) is 12.1 Å². The van der Waals surface area contributed by atoms with E-state index in [1.807, 2.05) is 18.2 Å². The van der Waals surface area contributed by atoms with Crippen LogP contribution in [0.5, 0.6) is 23.0 Å². The number of likely N-dealkylation sites (tertiary alicyclic amines) is 1. The van der Waals surface area contributed by atoms with E-state index in [9.17, 15) is 5.11 Å². The van der Waals surface area contributed by atoms with Crippen LogP contribution in [0.15, 0.2) is 41.4 Å². The van der Waals surface area contributed by atoms with Gasteiger partial charge in [-0.15, -0.1) is 24.0 Å². The molecule has 0 saturated carbocycles. The quantitative estimate of drug-likeness (QED) is 0.314. The maximum atomic E-state index is 10.3. The zero-order valence-corrected chi connectivity index (χ0v) is 20.9. The summed E-state index contributed by atoms with van der Waals surface area (Å²) >= 11 is 0. The van der Waals surface area contributed by atoms with Crippen molar-refractivity contribution in [3.8, 4) is 23.0 Å². The van der Waals surface area contributed by atoms with Gasteiger partial charge in [0.05, 0.1) is 27.9 Å². The molecule has 1 aliphatic heterocycles. The topological polar surface area (TPSA) is 75.6 Å². The Balaban J connectivity index is 0.00000341. The fourth-order valence-corrected chi connectivity index (χ4v) is 3.74. The average molecular weight is 541 g/mol. The standard InChI is InChI=1S/C23H31N3O4.HI/c1-5-24-23(25-14-16-7-6-8-21(30-4)22(16)27)26-10-9-17(15-26)18-11-19(28-2)13-20(12-18)29-3;/h6-8,11-13,17,27H,5,9-10,14-15H2,1-4H3,(H,24,25);1H. The van der Waals surface area contributed by atoms with Crippen LogP contribution >= 0.6 is 24.0 Å². The van der Waals surface area contributed by atoms with E-state index in [1.54, 1.807) is 27.4 Å². The Kier molecular flexibility index (Phi) is 9.54. The highest BCUT2D eigenvalue weighted by atomic mass is 127. The van der Waals surface area contributed by atoms with E-state index < -0.39 is 0 Å². The molecule has 0 aliphatic carbocycles. The Hall–Kier alpha value is -2.36. The lowest BCUT2D eigenvalue weighted by Crippen LogP contribution is -2.40. The molecule has 8 heteroatoms. The number of methoxy groups -OCH3 is 3. The van der Waals surface area contributed by atoms with E-state index in [-0.39, 0.29) is 29.7 Å². The van der Waals surface area contributed by atoms with Crippen molar-refractivity contribution in [2.24, 2.45) is 4.99 Å². The summed E-state index contributed by atoms with van der Waals surface area (Å²) in [5.74, 6) is 3.41. The summed E-state index contributed by atoms with van der Waals surface area (Å²) in [7, 11) is 4.89. The van der Waals surface area contributed by atoms with Crippen LogP contribution in [0.3, 0.4) is 0 Å². The van der Waals surface area contributed by atoms with Crippen LogP contribution in [0.25, 0.3) is 0 Å². The van der Waals surface area contributed by atoms with Crippen LogP contribution in [0.1, 0.15) is 30.4 Å². The summed E-state index contributed by atoms with van der Waals surface area (Å²) < 4.78 is 16.0. The number of benzene rings is 2. The second-order valence-electron chi connectivity index (χ2n) is 7.22. The molecular formula is C23H32IN3O4.